The molecule has 1 saturated heterocycles. The molecule has 1 fully saturated rings. The van der Waals surface area contributed by atoms with Crippen LogP contribution in [0.25, 0.3) is 11.1 Å². The highest BCUT2D eigenvalue weighted by molar-refractivity contribution is 5.72. The first-order valence-electron chi connectivity index (χ1n) is 11.1. The Morgan fingerprint density at radius 3 is 2.35 bits per heavy atom. The summed E-state index contributed by atoms with van der Waals surface area (Å²) in [6.45, 7) is 11.1. The summed E-state index contributed by atoms with van der Waals surface area (Å²) in [5, 5.41) is 3.44. The van der Waals surface area contributed by atoms with Gasteiger partial charge in [0.05, 0.1) is 18.4 Å². The summed E-state index contributed by atoms with van der Waals surface area (Å²) in [7, 11) is 0. The molecule has 4 rings (SSSR count). The van der Waals surface area contributed by atoms with Gasteiger partial charge in [-0.2, -0.15) is 4.98 Å². The van der Waals surface area contributed by atoms with Gasteiger partial charge in [0.25, 0.3) is 6.01 Å². The third-order valence-corrected chi connectivity index (χ3v) is 5.20. The van der Waals surface area contributed by atoms with Crippen LogP contribution in [0.15, 0.2) is 41.1 Å². The van der Waals surface area contributed by atoms with Gasteiger partial charge in [-0.1, -0.05) is 0 Å². The van der Waals surface area contributed by atoms with Crippen LogP contribution in [-0.4, -0.2) is 46.2 Å². The third-order valence-electron chi connectivity index (χ3n) is 5.20. The first kappa shape index (κ1) is 21.4. The number of oxazole rings is 1. The number of benzene rings is 1. The van der Waals surface area contributed by atoms with Gasteiger partial charge in [-0.15, -0.1) is 0 Å². The number of fused-ring (bicyclic) bond motifs is 1. The lowest BCUT2D eigenvalue weighted by Gasteiger charge is -2.32. The van der Waals surface area contributed by atoms with E-state index in [1.54, 1.807) is 12.4 Å². The van der Waals surface area contributed by atoms with Crippen LogP contribution in [0.5, 0.6) is 11.5 Å². The van der Waals surface area contributed by atoms with E-state index < -0.39 is 0 Å². The topological polar surface area (TPSA) is 72.7 Å². The molecule has 3 aromatic rings. The Morgan fingerprint density at radius 2 is 1.74 bits per heavy atom. The van der Waals surface area contributed by atoms with Gasteiger partial charge in [0.1, 0.15) is 17.0 Å². The monoisotopic (exact) mass is 424 g/mol. The van der Waals surface area contributed by atoms with Crippen LogP contribution in [0.2, 0.25) is 0 Å². The smallest absolute Gasteiger partial charge is 0.295 e. The molecule has 0 atom stereocenters. The van der Waals surface area contributed by atoms with E-state index in [-0.39, 0.29) is 12.2 Å². The van der Waals surface area contributed by atoms with Crippen molar-refractivity contribution >= 4 is 17.1 Å². The van der Waals surface area contributed by atoms with E-state index in [0.717, 1.165) is 49.5 Å². The Morgan fingerprint density at radius 1 is 1.06 bits per heavy atom. The normalized spacial score (nSPS) is 15.7. The van der Waals surface area contributed by atoms with Crippen molar-refractivity contribution in [2.24, 2.45) is 0 Å². The second-order valence-corrected chi connectivity index (χ2v) is 8.70. The molecule has 7 heteroatoms. The number of aromatic nitrogens is 2. The second kappa shape index (κ2) is 9.56. The molecule has 0 unspecified atom stereocenters. The predicted octanol–water partition coefficient (Wildman–Crippen LogP) is 4.87. The van der Waals surface area contributed by atoms with Gasteiger partial charge in [-0.05, 0) is 64.3 Å². The second-order valence-electron chi connectivity index (χ2n) is 8.70. The van der Waals surface area contributed by atoms with E-state index in [2.05, 4.69) is 32.3 Å². The van der Waals surface area contributed by atoms with Gasteiger partial charge in [0, 0.05) is 37.9 Å². The molecule has 1 aliphatic heterocycles. The van der Waals surface area contributed by atoms with Crippen molar-refractivity contribution in [1.82, 2.24) is 14.9 Å². The Kier molecular flexibility index (Phi) is 6.61. The number of likely N-dealkylation sites (tertiary alicyclic amines) is 1. The summed E-state index contributed by atoms with van der Waals surface area (Å²) < 4.78 is 17.6. The minimum absolute atomic E-state index is 0.131. The van der Waals surface area contributed by atoms with Crippen LogP contribution < -0.4 is 14.8 Å². The molecule has 1 aliphatic rings. The summed E-state index contributed by atoms with van der Waals surface area (Å²) in [4.78, 5) is 11.1. The van der Waals surface area contributed by atoms with Crippen LogP contribution >= 0.6 is 0 Å². The molecule has 1 aromatic carbocycles. The summed E-state index contributed by atoms with van der Waals surface area (Å²) in [6.07, 6.45) is 5.76. The van der Waals surface area contributed by atoms with Crippen LogP contribution in [0.4, 0.5) is 6.01 Å². The molecule has 3 heterocycles. The van der Waals surface area contributed by atoms with E-state index in [0.29, 0.717) is 17.6 Å². The zero-order valence-corrected chi connectivity index (χ0v) is 18.8. The fourth-order valence-corrected chi connectivity index (χ4v) is 3.91. The molecular formula is C24H32N4O3. The lowest BCUT2D eigenvalue weighted by molar-refractivity contribution is 0.207. The molecule has 1 N–H and O–H groups in total. The molecule has 166 valence electrons. The highest BCUT2D eigenvalue weighted by Crippen LogP contribution is 2.27. The maximum atomic E-state index is 5.94. The van der Waals surface area contributed by atoms with E-state index in [1.807, 2.05) is 39.8 Å². The van der Waals surface area contributed by atoms with Crippen molar-refractivity contribution in [3.05, 3.63) is 42.2 Å². The van der Waals surface area contributed by atoms with Crippen molar-refractivity contribution in [1.29, 1.82) is 0 Å². The van der Waals surface area contributed by atoms with Crippen LogP contribution in [-0.2, 0) is 6.54 Å². The van der Waals surface area contributed by atoms with Gasteiger partial charge in [-0.25, -0.2) is 0 Å². The zero-order chi connectivity index (χ0) is 21.8. The van der Waals surface area contributed by atoms with Gasteiger partial charge >= 0.3 is 0 Å². The van der Waals surface area contributed by atoms with Gasteiger partial charge in [0.2, 0.25) is 0 Å². The van der Waals surface area contributed by atoms with E-state index in [9.17, 15) is 0 Å². The number of rotatable bonds is 8. The lowest BCUT2D eigenvalue weighted by atomic mass is 10.0. The first-order valence-corrected chi connectivity index (χ1v) is 11.1. The predicted molar refractivity (Wildman–Crippen MR) is 122 cm³/mol. The summed E-state index contributed by atoms with van der Waals surface area (Å²) in [5.41, 5.74) is 2.76. The number of pyridine rings is 1. The number of anilines is 1. The number of hydrogen-bond donors (Lipinski definition) is 1. The van der Waals surface area contributed by atoms with Gasteiger partial charge in [-0.3, -0.25) is 9.88 Å². The van der Waals surface area contributed by atoms with Crippen molar-refractivity contribution < 1.29 is 13.9 Å². The van der Waals surface area contributed by atoms with Crippen molar-refractivity contribution in [2.75, 3.05) is 18.4 Å². The van der Waals surface area contributed by atoms with Crippen molar-refractivity contribution in [3.8, 4) is 11.5 Å². The Bertz CT molecular complexity index is 932. The summed E-state index contributed by atoms with van der Waals surface area (Å²) >= 11 is 0. The molecule has 0 aliphatic carbocycles. The third kappa shape index (κ3) is 5.88. The van der Waals surface area contributed by atoms with Gasteiger partial charge in [0.15, 0.2) is 5.58 Å². The average molecular weight is 425 g/mol. The maximum absolute atomic E-state index is 5.94. The number of ether oxygens (including phenoxy) is 2. The standard InChI is InChI=1S/C24H32N4O3/c1-16(2)29-20-11-18(12-21(13-20)30-17(3)4)15-28-9-6-19(7-10-28)26-24-27-22-5-8-25-14-23(22)31-24/h5,8,11-14,16-17,19H,6-7,9-10,15H2,1-4H3,(H,26,27). The number of nitrogens with zero attached hydrogens (tertiary/aromatic N) is 3. The maximum Gasteiger partial charge on any atom is 0.295 e. The molecule has 2 aromatic heterocycles. The number of piperidine rings is 1. The molecule has 0 spiro atoms. The first-order chi connectivity index (χ1) is 14.9. The van der Waals surface area contributed by atoms with E-state index >= 15 is 0 Å². The fraction of sp³-hybridized carbons (Fsp3) is 0.500. The Hall–Kier alpha value is -2.80. The van der Waals surface area contributed by atoms with Crippen LogP contribution in [0.1, 0.15) is 46.1 Å². The molecule has 0 radical (unpaired) electrons. The molecule has 0 saturated carbocycles. The highest BCUT2D eigenvalue weighted by atomic mass is 16.5. The fourth-order valence-electron chi connectivity index (χ4n) is 3.91. The molecule has 0 amide bonds. The Labute approximate surface area is 183 Å². The largest absolute Gasteiger partial charge is 0.491 e. The minimum Gasteiger partial charge on any atom is -0.491 e. The molecule has 0 bridgehead atoms. The summed E-state index contributed by atoms with van der Waals surface area (Å²) in [5.74, 6) is 1.73. The molecule has 7 nitrogen and oxygen atoms in total. The van der Waals surface area contributed by atoms with E-state index in [4.69, 9.17) is 13.9 Å². The van der Waals surface area contributed by atoms with Crippen LogP contribution in [0.3, 0.4) is 0 Å². The Balaban J connectivity index is 1.35. The van der Waals surface area contributed by atoms with Crippen molar-refractivity contribution in [2.45, 2.75) is 65.3 Å². The quantitative estimate of drug-likeness (QED) is 0.553. The van der Waals surface area contributed by atoms with Crippen LogP contribution in [0, 0.1) is 0 Å². The average Bonchev–Trinajstić information content (AvgIpc) is 3.10. The number of nitrogens with one attached hydrogen (secondary N) is 1. The summed E-state index contributed by atoms with van der Waals surface area (Å²) in [6, 6.07) is 9.03. The minimum atomic E-state index is 0.131. The molecule has 31 heavy (non-hydrogen) atoms. The lowest BCUT2D eigenvalue weighted by Crippen LogP contribution is -2.38. The zero-order valence-electron chi connectivity index (χ0n) is 18.8. The van der Waals surface area contributed by atoms with E-state index in [1.165, 1.54) is 5.56 Å². The number of hydrogen-bond acceptors (Lipinski definition) is 7. The van der Waals surface area contributed by atoms with Gasteiger partial charge < -0.3 is 19.2 Å². The highest BCUT2D eigenvalue weighted by Gasteiger charge is 2.21. The van der Waals surface area contributed by atoms with Crippen molar-refractivity contribution in [3.63, 3.8) is 0 Å². The molecular weight excluding hydrogens is 392 g/mol. The SMILES string of the molecule is CC(C)Oc1cc(CN2CCC(Nc3nc4ccncc4o3)CC2)cc(OC(C)C)c1.